The van der Waals surface area contributed by atoms with Gasteiger partial charge >= 0.3 is 0 Å². The Labute approximate surface area is 86.0 Å². The average molecular weight is 198 g/mol. The summed E-state index contributed by atoms with van der Waals surface area (Å²) < 4.78 is 0. The maximum Gasteiger partial charge on any atom is 0.0294 e. The van der Waals surface area contributed by atoms with E-state index < -0.39 is 0 Å². The molecule has 0 spiro atoms. The molecule has 13 heavy (non-hydrogen) atoms. The molecule has 2 rings (SSSR count). The molecule has 2 heteroatoms. The summed E-state index contributed by atoms with van der Waals surface area (Å²) in [6.07, 6.45) is 1.18. The second-order valence-electron chi connectivity index (χ2n) is 3.63. The van der Waals surface area contributed by atoms with Crippen LogP contribution in [0, 0.1) is 6.92 Å². The fourth-order valence-corrected chi connectivity index (χ4v) is 1.91. The van der Waals surface area contributed by atoms with Crippen molar-refractivity contribution in [2.45, 2.75) is 26.3 Å². The summed E-state index contributed by atoms with van der Waals surface area (Å²) >= 11 is 0. The lowest BCUT2D eigenvalue weighted by atomic mass is 9.94. The highest BCUT2D eigenvalue weighted by Gasteiger charge is 2.14. The summed E-state index contributed by atoms with van der Waals surface area (Å²) in [5, 5.41) is 3.46. The zero-order valence-corrected chi connectivity index (χ0v) is 8.95. The van der Waals surface area contributed by atoms with Gasteiger partial charge in [-0.25, -0.2) is 0 Å². The van der Waals surface area contributed by atoms with Crippen LogP contribution < -0.4 is 5.32 Å². The molecule has 0 aliphatic carbocycles. The summed E-state index contributed by atoms with van der Waals surface area (Å²) in [7, 11) is 0. The van der Waals surface area contributed by atoms with Crippen LogP contribution in [0.5, 0.6) is 0 Å². The quantitative estimate of drug-likeness (QED) is 0.675. The lowest BCUT2D eigenvalue weighted by Crippen LogP contribution is -2.27. The van der Waals surface area contributed by atoms with E-state index in [2.05, 4.69) is 37.4 Å². The molecule has 1 aliphatic heterocycles. The minimum absolute atomic E-state index is 0. The summed E-state index contributed by atoms with van der Waals surface area (Å²) in [6, 6.07) is 7.30. The van der Waals surface area contributed by atoms with E-state index in [9.17, 15) is 0 Å². The highest BCUT2D eigenvalue weighted by molar-refractivity contribution is 5.85. The van der Waals surface area contributed by atoms with Gasteiger partial charge in [-0.15, -0.1) is 12.4 Å². The van der Waals surface area contributed by atoms with Gasteiger partial charge in [0.2, 0.25) is 0 Å². The van der Waals surface area contributed by atoms with Crippen LogP contribution in [-0.4, -0.2) is 6.54 Å². The lowest BCUT2D eigenvalue weighted by Gasteiger charge is -2.23. The van der Waals surface area contributed by atoms with E-state index in [1.54, 1.807) is 0 Å². The van der Waals surface area contributed by atoms with E-state index in [1.165, 1.54) is 23.1 Å². The SMILES string of the molecule is Cc1ccc2c(c1)CCNC2C.Cl. The number of rotatable bonds is 0. The molecule has 0 fully saturated rings. The molecule has 0 saturated heterocycles. The minimum atomic E-state index is 0. The van der Waals surface area contributed by atoms with Crippen molar-refractivity contribution in [1.82, 2.24) is 5.32 Å². The van der Waals surface area contributed by atoms with Crippen molar-refractivity contribution in [3.05, 3.63) is 34.9 Å². The fourth-order valence-electron chi connectivity index (χ4n) is 1.91. The van der Waals surface area contributed by atoms with Crippen LogP contribution in [0.3, 0.4) is 0 Å². The summed E-state index contributed by atoms with van der Waals surface area (Å²) in [5.74, 6) is 0. The van der Waals surface area contributed by atoms with Crippen LogP contribution in [0.4, 0.5) is 0 Å². The molecule has 1 unspecified atom stereocenters. The van der Waals surface area contributed by atoms with Gasteiger partial charge in [-0.05, 0) is 37.9 Å². The zero-order chi connectivity index (χ0) is 8.55. The van der Waals surface area contributed by atoms with Gasteiger partial charge < -0.3 is 5.32 Å². The largest absolute Gasteiger partial charge is 0.310 e. The van der Waals surface area contributed by atoms with Crippen LogP contribution in [-0.2, 0) is 6.42 Å². The smallest absolute Gasteiger partial charge is 0.0294 e. The molecule has 1 aromatic carbocycles. The molecule has 0 amide bonds. The first-order valence-corrected chi connectivity index (χ1v) is 4.60. The highest BCUT2D eigenvalue weighted by Crippen LogP contribution is 2.22. The molecule has 1 N–H and O–H groups in total. The summed E-state index contributed by atoms with van der Waals surface area (Å²) in [4.78, 5) is 0. The third-order valence-electron chi connectivity index (χ3n) is 2.61. The van der Waals surface area contributed by atoms with Crippen LogP contribution in [0.2, 0.25) is 0 Å². The van der Waals surface area contributed by atoms with Gasteiger partial charge in [0.05, 0.1) is 0 Å². The van der Waals surface area contributed by atoms with Gasteiger partial charge in [-0.3, -0.25) is 0 Å². The number of hydrogen-bond acceptors (Lipinski definition) is 1. The van der Waals surface area contributed by atoms with E-state index in [-0.39, 0.29) is 12.4 Å². The first kappa shape index (κ1) is 10.6. The molecule has 0 aromatic heterocycles. The van der Waals surface area contributed by atoms with E-state index in [4.69, 9.17) is 0 Å². The second kappa shape index (κ2) is 4.12. The molecular formula is C11H16ClN. The molecular weight excluding hydrogens is 182 g/mol. The van der Waals surface area contributed by atoms with Gasteiger partial charge in [-0.2, -0.15) is 0 Å². The van der Waals surface area contributed by atoms with Crippen molar-refractivity contribution >= 4 is 12.4 Å². The summed E-state index contributed by atoms with van der Waals surface area (Å²) in [6.45, 7) is 5.51. The number of benzene rings is 1. The Balaban J connectivity index is 0.000000845. The van der Waals surface area contributed by atoms with Crippen molar-refractivity contribution in [2.24, 2.45) is 0 Å². The first-order chi connectivity index (χ1) is 5.77. The Kier molecular flexibility index (Phi) is 3.34. The predicted molar refractivity (Wildman–Crippen MR) is 58.5 cm³/mol. The lowest BCUT2D eigenvalue weighted by molar-refractivity contribution is 0.540. The van der Waals surface area contributed by atoms with E-state index in [1.807, 2.05) is 0 Å². The molecule has 72 valence electrons. The standard InChI is InChI=1S/C11H15N.ClH/c1-8-3-4-11-9(2)12-6-5-10(11)7-8;/h3-4,7,9,12H,5-6H2,1-2H3;1H. The Morgan fingerprint density at radius 3 is 2.92 bits per heavy atom. The van der Waals surface area contributed by atoms with Crippen molar-refractivity contribution < 1.29 is 0 Å². The van der Waals surface area contributed by atoms with Crippen molar-refractivity contribution in [2.75, 3.05) is 6.54 Å². The molecule has 1 aliphatic rings. The second-order valence-corrected chi connectivity index (χ2v) is 3.63. The van der Waals surface area contributed by atoms with Gasteiger partial charge in [0, 0.05) is 6.04 Å². The van der Waals surface area contributed by atoms with Crippen molar-refractivity contribution in [1.29, 1.82) is 0 Å². The van der Waals surface area contributed by atoms with Gasteiger partial charge in [0.25, 0.3) is 0 Å². The van der Waals surface area contributed by atoms with Gasteiger partial charge in [0.15, 0.2) is 0 Å². The third-order valence-corrected chi connectivity index (χ3v) is 2.61. The normalized spacial score (nSPS) is 20.3. The monoisotopic (exact) mass is 197 g/mol. The van der Waals surface area contributed by atoms with Crippen LogP contribution in [0.1, 0.15) is 29.7 Å². The van der Waals surface area contributed by atoms with Gasteiger partial charge in [-0.1, -0.05) is 23.8 Å². The Morgan fingerprint density at radius 2 is 2.15 bits per heavy atom. The molecule has 0 bridgehead atoms. The number of halogens is 1. The third kappa shape index (κ3) is 2.04. The highest BCUT2D eigenvalue weighted by atomic mass is 35.5. The Bertz CT molecular complexity index is 296. The molecule has 0 radical (unpaired) electrons. The molecule has 1 atom stereocenters. The van der Waals surface area contributed by atoms with E-state index >= 15 is 0 Å². The average Bonchev–Trinajstić information content (AvgIpc) is 2.04. The molecule has 1 aromatic rings. The zero-order valence-electron chi connectivity index (χ0n) is 8.13. The topological polar surface area (TPSA) is 12.0 Å². The number of hydrogen-bond donors (Lipinski definition) is 1. The first-order valence-electron chi connectivity index (χ1n) is 4.60. The number of fused-ring (bicyclic) bond motifs is 1. The van der Waals surface area contributed by atoms with Gasteiger partial charge in [0.1, 0.15) is 0 Å². The number of nitrogens with one attached hydrogen (secondary N) is 1. The van der Waals surface area contributed by atoms with E-state index in [0.717, 1.165) is 6.54 Å². The molecule has 1 nitrogen and oxygen atoms in total. The fraction of sp³-hybridized carbons (Fsp3) is 0.455. The van der Waals surface area contributed by atoms with Crippen LogP contribution in [0.25, 0.3) is 0 Å². The Morgan fingerprint density at radius 1 is 1.38 bits per heavy atom. The molecule has 1 heterocycles. The maximum absolute atomic E-state index is 3.46. The predicted octanol–water partition coefficient (Wildman–Crippen LogP) is 2.62. The number of aryl methyl sites for hydroxylation is 1. The Hall–Kier alpha value is -0.530. The van der Waals surface area contributed by atoms with Crippen LogP contribution in [0.15, 0.2) is 18.2 Å². The molecule has 0 saturated carbocycles. The van der Waals surface area contributed by atoms with Crippen molar-refractivity contribution in [3.63, 3.8) is 0 Å². The summed E-state index contributed by atoms with van der Waals surface area (Å²) in [5.41, 5.74) is 4.39. The van der Waals surface area contributed by atoms with Crippen molar-refractivity contribution in [3.8, 4) is 0 Å². The van der Waals surface area contributed by atoms with Crippen LogP contribution >= 0.6 is 12.4 Å². The maximum atomic E-state index is 3.46. The van der Waals surface area contributed by atoms with E-state index in [0.29, 0.717) is 6.04 Å². The minimum Gasteiger partial charge on any atom is -0.310 e.